The fourth-order valence-corrected chi connectivity index (χ4v) is 1.63. The highest BCUT2D eigenvalue weighted by molar-refractivity contribution is 5.96. The minimum absolute atomic E-state index is 0.00551. The van der Waals surface area contributed by atoms with Crippen LogP contribution in [0.2, 0.25) is 0 Å². The lowest BCUT2D eigenvalue weighted by atomic mass is 10.3. The molecule has 16 heavy (non-hydrogen) atoms. The van der Waals surface area contributed by atoms with Crippen LogP contribution >= 0.6 is 0 Å². The van der Waals surface area contributed by atoms with Crippen LogP contribution < -0.4 is 4.90 Å². The first-order valence-electron chi connectivity index (χ1n) is 4.67. The molecule has 0 aliphatic carbocycles. The molecule has 0 bridgehead atoms. The molecule has 7 heteroatoms. The monoisotopic (exact) mass is 223 g/mol. The van der Waals surface area contributed by atoms with Gasteiger partial charge in [-0.1, -0.05) is 0 Å². The van der Waals surface area contributed by atoms with Gasteiger partial charge in [0.15, 0.2) is 0 Å². The molecule has 84 valence electrons. The second-order valence-electron chi connectivity index (χ2n) is 3.47. The Balaban J connectivity index is 2.40. The van der Waals surface area contributed by atoms with E-state index in [1.807, 2.05) is 0 Å². The van der Waals surface area contributed by atoms with E-state index >= 15 is 0 Å². The van der Waals surface area contributed by atoms with Crippen molar-refractivity contribution in [3.63, 3.8) is 0 Å². The maximum absolute atomic E-state index is 11.5. The summed E-state index contributed by atoms with van der Waals surface area (Å²) >= 11 is 0. The Bertz CT molecular complexity index is 448. The molecule has 2 heterocycles. The Morgan fingerprint density at radius 3 is 2.94 bits per heavy atom. The van der Waals surface area contributed by atoms with Crippen molar-refractivity contribution in [2.24, 2.45) is 0 Å². The number of pyridine rings is 1. The van der Waals surface area contributed by atoms with Crippen LogP contribution in [0.1, 0.15) is 6.42 Å². The molecule has 1 aromatic heterocycles. The van der Waals surface area contributed by atoms with E-state index in [2.05, 4.69) is 4.98 Å². The Hall–Kier alpha value is -2.02. The average Bonchev–Trinajstić information content (AvgIpc) is 2.57. The summed E-state index contributed by atoms with van der Waals surface area (Å²) in [4.78, 5) is 26.6. The smallest absolute Gasteiger partial charge is 0.312 e. The van der Waals surface area contributed by atoms with Crippen LogP contribution in [0.4, 0.5) is 11.5 Å². The number of aliphatic hydroxyl groups is 1. The van der Waals surface area contributed by atoms with Gasteiger partial charge in [-0.25, -0.2) is 4.98 Å². The largest absolute Gasteiger partial charge is 0.391 e. The van der Waals surface area contributed by atoms with E-state index in [0.717, 1.165) is 4.90 Å². The minimum atomic E-state index is -0.783. The first-order valence-corrected chi connectivity index (χ1v) is 4.67. The van der Waals surface area contributed by atoms with Gasteiger partial charge in [-0.05, 0) is 6.07 Å². The molecule has 0 radical (unpaired) electrons. The Labute approximate surface area is 90.5 Å². The van der Waals surface area contributed by atoms with E-state index < -0.39 is 11.0 Å². The minimum Gasteiger partial charge on any atom is -0.391 e. The van der Waals surface area contributed by atoms with Crippen LogP contribution in [0.25, 0.3) is 0 Å². The van der Waals surface area contributed by atoms with Gasteiger partial charge in [0.1, 0.15) is 0 Å². The molecule has 0 aromatic carbocycles. The lowest BCUT2D eigenvalue weighted by Crippen LogP contribution is -2.27. The number of aromatic nitrogens is 1. The van der Waals surface area contributed by atoms with Gasteiger partial charge < -0.3 is 5.11 Å². The molecule has 1 amide bonds. The number of carbonyl (C=O) groups is 1. The van der Waals surface area contributed by atoms with Crippen molar-refractivity contribution in [1.82, 2.24) is 4.98 Å². The van der Waals surface area contributed by atoms with Crippen molar-refractivity contribution < 1.29 is 14.8 Å². The van der Waals surface area contributed by atoms with Crippen LogP contribution in [-0.4, -0.2) is 33.6 Å². The summed E-state index contributed by atoms with van der Waals surface area (Å²) in [6, 6.07) is 2.71. The predicted molar refractivity (Wildman–Crippen MR) is 53.9 cm³/mol. The summed E-state index contributed by atoms with van der Waals surface area (Å²) in [7, 11) is 0. The average molecular weight is 223 g/mol. The molecule has 1 unspecified atom stereocenters. The van der Waals surface area contributed by atoms with Crippen molar-refractivity contribution in [2.75, 3.05) is 11.4 Å². The van der Waals surface area contributed by atoms with Gasteiger partial charge in [-0.15, -0.1) is 0 Å². The number of hydrogen-bond acceptors (Lipinski definition) is 5. The quantitative estimate of drug-likeness (QED) is 0.566. The second kappa shape index (κ2) is 3.86. The van der Waals surface area contributed by atoms with Crippen LogP contribution in [0, 0.1) is 10.1 Å². The number of nitro groups is 1. The van der Waals surface area contributed by atoms with Gasteiger partial charge in [0.2, 0.25) is 11.7 Å². The number of nitrogens with zero attached hydrogens (tertiary/aromatic N) is 3. The molecule has 1 aromatic rings. The zero-order valence-electron chi connectivity index (χ0n) is 8.24. The predicted octanol–water partition coefficient (Wildman–Crippen LogP) is 0.0874. The molecule has 1 aliphatic heterocycles. The standard InChI is InChI=1S/C9H9N3O4/c13-6-4-8(14)11(5-6)9-7(12(15)16)2-1-3-10-9/h1-3,6,13H,4-5H2. The summed E-state index contributed by atoms with van der Waals surface area (Å²) in [6.45, 7) is 0.0523. The highest BCUT2D eigenvalue weighted by Crippen LogP contribution is 2.28. The number of aliphatic hydroxyl groups excluding tert-OH is 1. The molecule has 0 spiro atoms. The molecule has 1 atom stereocenters. The van der Waals surface area contributed by atoms with E-state index in [9.17, 15) is 20.0 Å². The Morgan fingerprint density at radius 1 is 1.62 bits per heavy atom. The number of β-amino-alcohol motifs (C(OH)–C–C–N with tert-alkyl or cyclic N) is 1. The van der Waals surface area contributed by atoms with Gasteiger partial charge in [0, 0.05) is 12.3 Å². The van der Waals surface area contributed by atoms with Crippen LogP contribution in [0.15, 0.2) is 18.3 Å². The van der Waals surface area contributed by atoms with E-state index in [-0.39, 0.29) is 30.4 Å². The van der Waals surface area contributed by atoms with E-state index in [0.29, 0.717) is 0 Å². The molecule has 1 fully saturated rings. The second-order valence-corrected chi connectivity index (χ2v) is 3.47. The van der Waals surface area contributed by atoms with Gasteiger partial charge in [0.05, 0.1) is 24.0 Å². The summed E-state index contributed by atoms with van der Waals surface area (Å²) in [5.41, 5.74) is -0.232. The molecular weight excluding hydrogens is 214 g/mol. The third-order valence-electron chi connectivity index (χ3n) is 2.32. The molecule has 0 saturated carbocycles. The van der Waals surface area contributed by atoms with Crippen molar-refractivity contribution in [2.45, 2.75) is 12.5 Å². The topological polar surface area (TPSA) is 96.6 Å². The molecule has 1 aliphatic rings. The zero-order chi connectivity index (χ0) is 11.7. The molecule has 2 rings (SSSR count). The fraction of sp³-hybridized carbons (Fsp3) is 0.333. The fourth-order valence-electron chi connectivity index (χ4n) is 1.63. The molecule has 1 saturated heterocycles. The van der Waals surface area contributed by atoms with Gasteiger partial charge >= 0.3 is 5.69 Å². The van der Waals surface area contributed by atoms with Crippen molar-refractivity contribution >= 4 is 17.4 Å². The summed E-state index contributed by atoms with van der Waals surface area (Å²) < 4.78 is 0. The van der Waals surface area contributed by atoms with E-state index in [4.69, 9.17) is 0 Å². The maximum Gasteiger partial charge on any atom is 0.312 e. The van der Waals surface area contributed by atoms with Gasteiger partial charge in [-0.2, -0.15) is 0 Å². The third-order valence-corrected chi connectivity index (χ3v) is 2.32. The Morgan fingerprint density at radius 2 is 2.38 bits per heavy atom. The van der Waals surface area contributed by atoms with E-state index in [1.165, 1.54) is 18.3 Å². The first kappa shape index (κ1) is 10.5. The van der Waals surface area contributed by atoms with Crippen LogP contribution in [0.3, 0.4) is 0 Å². The lowest BCUT2D eigenvalue weighted by molar-refractivity contribution is -0.384. The van der Waals surface area contributed by atoms with Crippen molar-refractivity contribution in [3.05, 3.63) is 28.4 Å². The number of carbonyl (C=O) groups excluding carboxylic acids is 1. The maximum atomic E-state index is 11.5. The lowest BCUT2D eigenvalue weighted by Gasteiger charge is -2.13. The summed E-state index contributed by atoms with van der Waals surface area (Å²) in [5.74, 6) is -0.358. The molecular formula is C9H9N3O4. The van der Waals surface area contributed by atoms with Crippen molar-refractivity contribution in [3.8, 4) is 0 Å². The van der Waals surface area contributed by atoms with Crippen LogP contribution in [-0.2, 0) is 4.79 Å². The summed E-state index contributed by atoms with van der Waals surface area (Å²) in [5, 5.41) is 20.0. The normalized spacial score (nSPS) is 20.2. The highest BCUT2D eigenvalue weighted by Gasteiger charge is 2.33. The SMILES string of the molecule is O=C1CC(O)CN1c1ncccc1[N+](=O)[O-]. The highest BCUT2D eigenvalue weighted by atomic mass is 16.6. The third kappa shape index (κ3) is 1.72. The number of rotatable bonds is 2. The zero-order valence-corrected chi connectivity index (χ0v) is 8.24. The number of amides is 1. The van der Waals surface area contributed by atoms with Gasteiger partial charge in [-0.3, -0.25) is 19.8 Å². The number of hydrogen-bond donors (Lipinski definition) is 1. The Kier molecular flexibility index (Phi) is 2.53. The van der Waals surface area contributed by atoms with E-state index in [1.54, 1.807) is 0 Å². The molecule has 7 nitrogen and oxygen atoms in total. The van der Waals surface area contributed by atoms with Crippen molar-refractivity contribution in [1.29, 1.82) is 0 Å². The summed E-state index contributed by atoms with van der Waals surface area (Å²) in [6.07, 6.45) is 0.572. The number of anilines is 1. The van der Waals surface area contributed by atoms with Gasteiger partial charge in [0.25, 0.3) is 0 Å². The first-order chi connectivity index (χ1) is 7.59. The molecule has 1 N–H and O–H groups in total. The van der Waals surface area contributed by atoms with Crippen LogP contribution in [0.5, 0.6) is 0 Å².